The molecular weight excluding hydrogens is 220 g/mol. The molecule has 1 aromatic rings. The van der Waals surface area contributed by atoms with Crippen LogP contribution in [0, 0.1) is 5.92 Å². The van der Waals surface area contributed by atoms with Crippen molar-refractivity contribution in [2.75, 3.05) is 0 Å². The Bertz CT molecular complexity index is 530. The lowest BCUT2D eigenvalue weighted by molar-refractivity contribution is 0.574. The molecule has 2 aliphatic rings. The fraction of sp³-hybridized carbons (Fsp3) is 0.385. The summed E-state index contributed by atoms with van der Waals surface area (Å²) in [6.07, 6.45) is 6.79. The molecule has 1 aromatic carbocycles. The number of fused-ring (bicyclic) bond motifs is 1. The smallest absolute Gasteiger partial charge is 0.187 e. The molecule has 2 unspecified atom stereocenters. The lowest BCUT2D eigenvalue weighted by atomic mass is 10.1. The van der Waals surface area contributed by atoms with E-state index in [4.69, 9.17) is 0 Å². The van der Waals surface area contributed by atoms with Gasteiger partial charge in [-0.2, -0.15) is 0 Å². The fourth-order valence-corrected chi connectivity index (χ4v) is 4.90. The average molecular weight is 234 g/mol. The number of allylic oxidation sites excluding steroid dienone is 1. The molecule has 0 aromatic heterocycles. The van der Waals surface area contributed by atoms with Crippen molar-refractivity contribution in [1.82, 2.24) is 0 Å². The number of hydrogen-bond donors (Lipinski definition) is 0. The minimum atomic E-state index is -3.17. The molecule has 0 bridgehead atoms. The fourth-order valence-electron chi connectivity index (χ4n) is 2.69. The van der Waals surface area contributed by atoms with Crippen LogP contribution in [0.25, 0.3) is 0 Å². The summed E-state index contributed by atoms with van der Waals surface area (Å²) >= 11 is 0. The van der Waals surface area contributed by atoms with Gasteiger partial charge in [0.1, 0.15) is 0 Å². The summed E-state index contributed by atoms with van der Waals surface area (Å²) in [6, 6.07) is 8.81. The van der Waals surface area contributed by atoms with Crippen LogP contribution in [-0.4, -0.2) is 13.2 Å². The van der Waals surface area contributed by atoms with E-state index in [1.165, 1.54) is 0 Å². The SMILES string of the molecule is O=S(=O)(c1ccccc1)C12C=CCCC1C2. The molecule has 0 amide bonds. The summed E-state index contributed by atoms with van der Waals surface area (Å²) < 4.78 is 24.4. The number of benzene rings is 1. The van der Waals surface area contributed by atoms with Gasteiger partial charge in [0.25, 0.3) is 0 Å². The molecule has 1 saturated carbocycles. The molecule has 0 heterocycles. The highest BCUT2D eigenvalue weighted by Crippen LogP contribution is 2.57. The van der Waals surface area contributed by atoms with E-state index < -0.39 is 14.6 Å². The van der Waals surface area contributed by atoms with Gasteiger partial charge in [0, 0.05) is 0 Å². The van der Waals surface area contributed by atoms with Crippen LogP contribution in [-0.2, 0) is 9.84 Å². The van der Waals surface area contributed by atoms with Gasteiger partial charge in [-0.3, -0.25) is 0 Å². The predicted molar refractivity (Wildman–Crippen MR) is 62.8 cm³/mol. The topological polar surface area (TPSA) is 34.1 Å². The number of hydrogen-bond acceptors (Lipinski definition) is 2. The first-order valence-corrected chi connectivity index (χ1v) is 7.12. The van der Waals surface area contributed by atoms with Gasteiger partial charge in [0.05, 0.1) is 9.64 Å². The van der Waals surface area contributed by atoms with E-state index in [1.807, 2.05) is 18.2 Å². The van der Waals surface area contributed by atoms with Crippen molar-refractivity contribution in [1.29, 1.82) is 0 Å². The number of sulfone groups is 1. The first kappa shape index (κ1) is 10.1. The van der Waals surface area contributed by atoms with Gasteiger partial charge < -0.3 is 0 Å². The first-order chi connectivity index (χ1) is 7.67. The molecule has 2 atom stereocenters. The molecule has 2 aliphatic carbocycles. The zero-order valence-corrected chi connectivity index (χ0v) is 9.78. The normalized spacial score (nSPS) is 32.1. The van der Waals surface area contributed by atoms with Gasteiger partial charge in [-0.05, 0) is 37.3 Å². The standard InChI is InChI=1S/C13H14O2S/c14-16(15,12-7-2-1-3-8-12)13-9-5-4-6-11(13)10-13/h1-3,5,7-9,11H,4,6,10H2. The van der Waals surface area contributed by atoms with Crippen molar-refractivity contribution in [3.05, 3.63) is 42.5 Å². The van der Waals surface area contributed by atoms with Crippen LogP contribution < -0.4 is 0 Å². The molecule has 0 N–H and O–H groups in total. The van der Waals surface area contributed by atoms with Crippen LogP contribution in [0.1, 0.15) is 19.3 Å². The van der Waals surface area contributed by atoms with Crippen molar-refractivity contribution in [2.24, 2.45) is 5.92 Å². The minimum Gasteiger partial charge on any atom is -0.223 e. The first-order valence-electron chi connectivity index (χ1n) is 5.64. The van der Waals surface area contributed by atoms with Gasteiger partial charge in [-0.25, -0.2) is 8.42 Å². The third kappa shape index (κ3) is 1.21. The largest absolute Gasteiger partial charge is 0.223 e. The molecule has 0 radical (unpaired) electrons. The maximum Gasteiger partial charge on any atom is 0.187 e. The third-order valence-electron chi connectivity index (χ3n) is 3.73. The Morgan fingerprint density at radius 3 is 2.62 bits per heavy atom. The van der Waals surface area contributed by atoms with E-state index >= 15 is 0 Å². The molecule has 16 heavy (non-hydrogen) atoms. The molecule has 3 heteroatoms. The maximum atomic E-state index is 12.5. The second kappa shape index (κ2) is 3.20. The Morgan fingerprint density at radius 1 is 1.19 bits per heavy atom. The second-order valence-electron chi connectivity index (χ2n) is 4.65. The van der Waals surface area contributed by atoms with Gasteiger partial charge in [-0.15, -0.1) is 0 Å². The van der Waals surface area contributed by atoms with Crippen LogP contribution >= 0.6 is 0 Å². The summed E-state index contributed by atoms with van der Waals surface area (Å²) in [6.45, 7) is 0. The monoisotopic (exact) mass is 234 g/mol. The zero-order valence-electron chi connectivity index (χ0n) is 8.96. The van der Waals surface area contributed by atoms with E-state index in [1.54, 1.807) is 24.3 Å². The van der Waals surface area contributed by atoms with Crippen LogP contribution in [0.2, 0.25) is 0 Å². The van der Waals surface area contributed by atoms with Gasteiger partial charge >= 0.3 is 0 Å². The Labute approximate surface area is 95.9 Å². The van der Waals surface area contributed by atoms with E-state index in [2.05, 4.69) is 0 Å². The van der Waals surface area contributed by atoms with E-state index in [-0.39, 0.29) is 0 Å². The summed E-state index contributed by atoms with van der Waals surface area (Å²) in [5.74, 6) is 0.350. The van der Waals surface area contributed by atoms with Crippen molar-refractivity contribution >= 4 is 9.84 Å². The average Bonchev–Trinajstić information content (AvgIpc) is 3.06. The van der Waals surface area contributed by atoms with E-state index in [9.17, 15) is 8.42 Å². The molecule has 0 saturated heterocycles. The van der Waals surface area contributed by atoms with E-state index in [0.717, 1.165) is 19.3 Å². The summed E-state index contributed by atoms with van der Waals surface area (Å²) in [7, 11) is -3.17. The minimum absolute atomic E-state index is 0.350. The summed E-state index contributed by atoms with van der Waals surface area (Å²) in [5.41, 5.74) is 0. The quantitative estimate of drug-likeness (QED) is 0.737. The van der Waals surface area contributed by atoms with Crippen molar-refractivity contribution in [3.8, 4) is 0 Å². The van der Waals surface area contributed by atoms with Crippen LogP contribution in [0.5, 0.6) is 0 Å². The van der Waals surface area contributed by atoms with Crippen LogP contribution in [0.15, 0.2) is 47.4 Å². The molecule has 3 rings (SSSR count). The van der Waals surface area contributed by atoms with Gasteiger partial charge in [0.2, 0.25) is 0 Å². The molecule has 0 aliphatic heterocycles. The van der Waals surface area contributed by atoms with Crippen LogP contribution in [0.3, 0.4) is 0 Å². The van der Waals surface area contributed by atoms with Gasteiger partial charge in [-0.1, -0.05) is 30.4 Å². The highest BCUT2D eigenvalue weighted by molar-refractivity contribution is 7.93. The Kier molecular flexibility index (Phi) is 2.02. The molecular formula is C13H14O2S. The lowest BCUT2D eigenvalue weighted by Crippen LogP contribution is -2.25. The van der Waals surface area contributed by atoms with Gasteiger partial charge in [0.15, 0.2) is 9.84 Å². The maximum absolute atomic E-state index is 12.5. The Balaban J connectivity index is 2.08. The van der Waals surface area contributed by atoms with Crippen LogP contribution in [0.4, 0.5) is 0 Å². The Hall–Kier alpha value is -1.09. The summed E-state index contributed by atoms with van der Waals surface area (Å²) in [4.78, 5) is 0.462. The predicted octanol–water partition coefficient (Wildman–Crippen LogP) is 2.57. The molecule has 84 valence electrons. The van der Waals surface area contributed by atoms with Crippen molar-refractivity contribution < 1.29 is 8.42 Å². The zero-order chi connectivity index (χ0) is 11.2. The molecule has 0 spiro atoms. The highest BCUT2D eigenvalue weighted by Gasteiger charge is 2.62. The highest BCUT2D eigenvalue weighted by atomic mass is 32.2. The second-order valence-corrected chi connectivity index (χ2v) is 6.89. The van der Waals surface area contributed by atoms with E-state index in [0.29, 0.717) is 10.8 Å². The number of rotatable bonds is 2. The Morgan fingerprint density at radius 2 is 1.94 bits per heavy atom. The molecule has 2 nitrogen and oxygen atoms in total. The summed E-state index contributed by atoms with van der Waals surface area (Å²) in [5, 5.41) is 0. The third-order valence-corrected chi connectivity index (χ3v) is 6.26. The lowest BCUT2D eigenvalue weighted by Gasteiger charge is -2.17. The molecule has 1 fully saturated rings. The van der Waals surface area contributed by atoms with Crippen molar-refractivity contribution in [2.45, 2.75) is 28.9 Å². The van der Waals surface area contributed by atoms with Crippen molar-refractivity contribution in [3.63, 3.8) is 0 Å².